The van der Waals surface area contributed by atoms with Crippen LogP contribution in [0.2, 0.25) is 0 Å². The van der Waals surface area contributed by atoms with Crippen molar-refractivity contribution < 1.29 is 29.0 Å². The van der Waals surface area contributed by atoms with E-state index in [9.17, 15) is 19.5 Å². The predicted octanol–water partition coefficient (Wildman–Crippen LogP) is 3.25. The fourth-order valence-electron chi connectivity index (χ4n) is 5.06. The van der Waals surface area contributed by atoms with Crippen molar-refractivity contribution in [2.24, 2.45) is 5.41 Å². The number of nitrogens with zero attached hydrogens (tertiary/aromatic N) is 1. The van der Waals surface area contributed by atoms with Crippen molar-refractivity contribution in [1.29, 1.82) is 0 Å². The third kappa shape index (κ3) is 4.14. The molecule has 4 rings (SSSR count). The van der Waals surface area contributed by atoms with Gasteiger partial charge in [0.2, 0.25) is 5.91 Å². The van der Waals surface area contributed by atoms with Gasteiger partial charge in [0.15, 0.2) is 0 Å². The highest BCUT2D eigenvalue weighted by Crippen LogP contribution is 2.44. The van der Waals surface area contributed by atoms with Gasteiger partial charge < -0.3 is 24.8 Å². The smallest absolute Gasteiger partial charge is 0.407 e. The van der Waals surface area contributed by atoms with Crippen molar-refractivity contribution in [2.45, 2.75) is 44.9 Å². The van der Waals surface area contributed by atoms with Gasteiger partial charge in [-0.25, -0.2) is 9.59 Å². The predicted molar refractivity (Wildman–Crippen MR) is 125 cm³/mol. The number of rotatable bonds is 7. The first-order valence-corrected chi connectivity index (χ1v) is 11.3. The molecule has 0 radical (unpaired) electrons. The largest absolute Gasteiger partial charge is 0.480 e. The van der Waals surface area contributed by atoms with Gasteiger partial charge in [0.25, 0.3) is 0 Å². The third-order valence-electron chi connectivity index (χ3n) is 6.87. The summed E-state index contributed by atoms with van der Waals surface area (Å²) < 4.78 is 10.9. The molecular weight excluding hydrogens is 436 g/mol. The van der Waals surface area contributed by atoms with Crippen molar-refractivity contribution >= 4 is 18.0 Å². The van der Waals surface area contributed by atoms with E-state index in [0.717, 1.165) is 22.3 Å². The first-order chi connectivity index (χ1) is 16.2. The average Bonchev–Trinajstić information content (AvgIpc) is 3.12. The topological polar surface area (TPSA) is 105 Å². The van der Waals surface area contributed by atoms with Crippen LogP contribution in [0.4, 0.5) is 4.79 Å². The number of alkyl carbamates (subject to hydrolysis) is 1. The summed E-state index contributed by atoms with van der Waals surface area (Å²) in [5.74, 6) is -1.69. The molecule has 0 spiro atoms. The van der Waals surface area contributed by atoms with Crippen LogP contribution in [0.3, 0.4) is 0 Å². The lowest BCUT2D eigenvalue weighted by Crippen LogP contribution is -2.70. The number of carboxylic acid groups (broad SMARTS) is 1. The van der Waals surface area contributed by atoms with Crippen LogP contribution in [0.5, 0.6) is 0 Å². The summed E-state index contributed by atoms with van der Waals surface area (Å²) in [7, 11) is 1.43. The second kappa shape index (κ2) is 9.10. The number of carboxylic acids is 1. The number of hydrogen-bond donors (Lipinski definition) is 2. The molecule has 8 heteroatoms. The van der Waals surface area contributed by atoms with Crippen LogP contribution in [0.25, 0.3) is 11.1 Å². The molecule has 0 bridgehead atoms. The van der Waals surface area contributed by atoms with E-state index in [1.807, 2.05) is 36.4 Å². The molecule has 2 amide bonds. The van der Waals surface area contributed by atoms with Crippen LogP contribution in [0.1, 0.15) is 37.8 Å². The van der Waals surface area contributed by atoms with Gasteiger partial charge in [0, 0.05) is 25.0 Å². The minimum Gasteiger partial charge on any atom is -0.480 e. The molecule has 2 N–H and O–H groups in total. The zero-order valence-corrected chi connectivity index (χ0v) is 19.8. The number of likely N-dealkylation sites (tertiary alicyclic amines) is 1. The number of aliphatic carboxylic acids is 1. The molecular formula is C26H30N2O6. The van der Waals surface area contributed by atoms with Gasteiger partial charge in [-0.1, -0.05) is 62.4 Å². The van der Waals surface area contributed by atoms with E-state index in [4.69, 9.17) is 9.47 Å². The molecule has 8 nitrogen and oxygen atoms in total. The summed E-state index contributed by atoms with van der Waals surface area (Å²) in [6.45, 7) is 5.62. The van der Waals surface area contributed by atoms with Crippen molar-refractivity contribution in [3.8, 4) is 11.1 Å². The van der Waals surface area contributed by atoms with E-state index in [-0.39, 0.29) is 19.1 Å². The maximum atomic E-state index is 13.2. The average molecular weight is 467 g/mol. The van der Waals surface area contributed by atoms with E-state index in [0.29, 0.717) is 0 Å². The zero-order chi connectivity index (χ0) is 24.6. The fraction of sp³-hybridized carbons (Fsp3) is 0.423. The highest BCUT2D eigenvalue weighted by Gasteiger charge is 2.54. The molecule has 1 fully saturated rings. The molecule has 34 heavy (non-hydrogen) atoms. The van der Waals surface area contributed by atoms with E-state index >= 15 is 0 Å². The molecule has 1 aliphatic heterocycles. The van der Waals surface area contributed by atoms with Crippen LogP contribution in [-0.2, 0) is 19.1 Å². The first-order valence-electron chi connectivity index (χ1n) is 11.3. The molecule has 2 aromatic rings. The molecule has 0 aromatic heterocycles. The zero-order valence-electron chi connectivity index (χ0n) is 19.8. The summed E-state index contributed by atoms with van der Waals surface area (Å²) in [5.41, 5.74) is 3.86. The Morgan fingerprint density at radius 1 is 1.09 bits per heavy atom. The summed E-state index contributed by atoms with van der Waals surface area (Å²) in [6, 6.07) is 14.0. The maximum absolute atomic E-state index is 13.2. The molecule has 1 aliphatic carbocycles. The molecule has 3 atom stereocenters. The number of fused-ring (bicyclic) bond motifs is 3. The molecule has 2 aliphatic rings. The van der Waals surface area contributed by atoms with E-state index in [1.165, 1.54) is 12.0 Å². The Balaban J connectivity index is 1.46. The van der Waals surface area contributed by atoms with Crippen molar-refractivity contribution in [1.82, 2.24) is 10.2 Å². The van der Waals surface area contributed by atoms with Crippen LogP contribution in [0.15, 0.2) is 48.5 Å². The van der Waals surface area contributed by atoms with Gasteiger partial charge in [-0.3, -0.25) is 4.79 Å². The van der Waals surface area contributed by atoms with Crippen LogP contribution in [0, 0.1) is 5.41 Å². The Morgan fingerprint density at radius 2 is 1.65 bits per heavy atom. The van der Waals surface area contributed by atoms with Crippen LogP contribution < -0.4 is 5.32 Å². The summed E-state index contributed by atoms with van der Waals surface area (Å²) in [4.78, 5) is 38.9. The Hall–Kier alpha value is -3.39. The fourth-order valence-corrected chi connectivity index (χ4v) is 5.06. The summed E-state index contributed by atoms with van der Waals surface area (Å²) in [6.07, 6.45) is -1.43. The third-order valence-corrected chi connectivity index (χ3v) is 6.87. The van der Waals surface area contributed by atoms with Crippen molar-refractivity contribution in [2.75, 3.05) is 20.3 Å². The lowest BCUT2D eigenvalue weighted by Gasteiger charge is -2.52. The van der Waals surface area contributed by atoms with Gasteiger partial charge in [-0.15, -0.1) is 0 Å². The standard InChI is InChI=1S/C26H30N2O6/c1-15(33-4)21(23(29)28-14-26(2,3)22(28)24(30)31)27-25(32)34-13-20-18-11-7-5-9-16(18)17-10-6-8-12-19(17)20/h5-12,15,20-22H,13-14H2,1-4H3,(H,27,32)(H,30,31)/t15-,21+,22?/m1/s1. The number of nitrogens with one attached hydrogen (secondary N) is 1. The Bertz CT molecular complexity index is 1070. The maximum Gasteiger partial charge on any atom is 0.407 e. The molecule has 2 aromatic carbocycles. The second-order valence-corrected chi connectivity index (χ2v) is 9.58. The van der Waals surface area contributed by atoms with Gasteiger partial charge in [0.05, 0.1) is 6.10 Å². The second-order valence-electron chi connectivity index (χ2n) is 9.58. The minimum atomic E-state index is -1.07. The summed E-state index contributed by atoms with van der Waals surface area (Å²) >= 11 is 0. The molecule has 0 saturated carbocycles. The lowest BCUT2D eigenvalue weighted by atomic mass is 9.74. The van der Waals surface area contributed by atoms with E-state index in [1.54, 1.807) is 20.8 Å². The number of ether oxygens (including phenoxy) is 2. The summed E-state index contributed by atoms with van der Waals surface area (Å²) in [5, 5.41) is 12.2. The molecule has 1 saturated heterocycles. The highest BCUT2D eigenvalue weighted by molar-refractivity contribution is 5.91. The number of hydrogen-bond acceptors (Lipinski definition) is 5. The van der Waals surface area contributed by atoms with Gasteiger partial charge in [-0.2, -0.15) is 0 Å². The normalized spacial score (nSPS) is 19.9. The number of carbonyl (C=O) groups is 3. The van der Waals surface area contributed by atoms with Gasteiger partial charge in [0.1, 0.15) is 18.7 Å². The van der Waals surface area contributed by atoms with E-state index < -0.39 is 41.6 Å². The first kappa shape index (κ1) is 23.8. The van der Waals surface area contributed by atoms with Crippen molar-refractivity contribution in [3.05, 3.63) is 59.7 Å². The lowest BCUT2D eigenvalue weighted by molar-refractivity contribution is -0.174. The SMILES string of the molecule is CO[C@H](C)[C@H](NC(=O)OCC1c2ccccc2-c2ccccc21)C(=O)N1CC(C)(C)C1C(=O)O. The van der Waals surface area contributed by atoms with Crippen LogP contribution >= 0.6 is 0 Å². The molecule has 1 heterocycles. The van der Waals surface area contributed by atoms with E-state index in [2.05, 4.69) is 17.4 Å². The van der Waals surface area contributed by atoms with Crippen LogP contribution in [-0.4, -0.2) is 66.4 Å². The molecule has 180 valence electrons. The Kier molecular flexibility index (Phi) is 6.36. The Morgan fingerprint density at radius 3 is 2.15 bits per heavy atom. The van der Waals surface area contributed by atoms with Gasteiger partial charge >= 0.3 is 12.1 Å². The molecule has 1 unspecified atom stereocenters. The number of amides is 2. The highest BCUT2D eigenvalue weighted by atomic mass is 16.5. The number of methoxy groups -OCH3 is 1. The number of benzene rings is 2. The minimum absolute atomic E-state index is 0.108. The quantitative estimate of drug-likeness (QED) is 0.649. The van der Waals surface area contributed by atoms with Gasteiger partial charge in [-0.05, 0) is 29.2 Å². The Labute approximate surface area is 198 Å². The van der Waals surface area contributed by atoms with Crippen molar-refractivity contribution in [3.63, 3.8) is 0 Å². The number of carbonyl (C=O) groups excluding carboxylic acids is 2. The monoisotopic (exact) mass is 466 g/mol.